The van der Waals surface area contributed by atoms with E-state index in [-0.39, 0.29) is 5.56 Å². The van der Waals surface area contributed by atoms with Crippen molar-refractivity contribution in [2.75, 3.05) is 32.8 Å². The first kappa shape index (κ1) is 12.8. The first-order chi connectivity index (χ1) is 9.24. The summed E-state index contributed by atoms with van der Waals surface area (Å²) in [7, 11) is 0. The minimum atomic E-state index is -0.111. The third-order valence-corrected chi connectivity index (χ3v) is 3.63. The molecule has 0 radical (unpaired) electrons. The van der Waals surface area contributed by atoms with E-state index in [0.29, 0.717) is 22.2 Å². The predicted octanol–water partition coefficient (Wildman–Crippen LogP) is 1.08. The molecule has 1 fully saturated rings. The topological polar surface area (TPSA) is 60.5 Å². The number of hydrogen-bond donors (Lipinski definition) is 0. The Bertz CT molecular complexity index is 631. The Morgan fingerprint density at radius 2 is 2.11 bits per heavy atom. The number of fused-ring (bicyclic) bond motifs is 1. The Balaban J connectivity index is 1.77. The van der Waals surface area contributed by atoms with Crippen molar-refractivity contribution in [3.05, 3.63) is 27.3 Å². The van der Waals surface area contributed by atoms with Crippen molar-refractivity contribution < 1.29 is 9.15 Å². The number of morpholine rings is 1. The fourth-order valence-electron chi connectivity index (χ4n) is 2.17. The second-order valence-electron chi connectivity index (χ2n) is 4.46. The summed E-state index contributed by atoms with van der Waals surface area (Å²) >= 11 is 3.22. The lowest BCUT2D eigenvalue weighted by molar-refractivity contribution is 0.0358. The van der Waals surface area contributed by atoms with Crippen LogP contribution < -0.4 is 5.56 Å². The minimum Gasteiger partial charge on any atom is -0.447 e. The fourth-order valence-corrected chi connectivity index (χ4v) is 2.57. The standard InChI is InChI=1S/C12H14BrN3O3/c13-11-7-9-10(19-11)8-14-16(12(9)17)2-1-15-3-5-18-6-4-15/h7-8H,1-6H2. The molecule has 1 saturated heterocycles. The maximum absolute atomic E-state index is 12.2. The van der Waals surface area contributed by atoms with Crippen LogP contribution in [0.4, 0.5) is 0 Å². The SMILES string of the molecule is O=c1c2cc(Br)oc2cnn1CCN1CCOCC1. The molecule has 0 saturated carbocycles. The Hall–Kier alpha value is -1.18. The molecule has 0 N–H and O–H groups in total. The Morgan fingerprint density at radius 1 is 1.32 bits per heavy atom. The van der Waals surface area contributed by atoms with E-state index in [4.69, 9.17) is 9.15 Å². The number of nitrogens with zero attached hydrogens (tertiary/aromatic N) is 3. The Morgan fingerprint density at radius 3 is 2.89 bits per heavy atom. The van der Waals surface area contributed by atoms with Crippen LogP contribution in [0, 0.1) is 0 Å². The van der Waals surface area contributed by atoms with Gasteiger partial charge in [0.1, 0.15) is 0 Å². The van der Waals surface area contributed by atoms with Crippen LogP contribution in [0.2, 0.25) is 0 Å². The van der Waals surface area contributed by atoms with Gasteiger partial charge in [0.25, 0.3) is 5.56 Å². The molecule has 3 rings (SSSR count). The molecule has 6 nitrogen and oxygen atoms in total. The molecule has 19 heavy (non-hydrogen) atoms. The smallest absolute Gasteiger partial charge is 0.278 e. The van der Waals surface area contributed by atoms with Gasteiger partial charge >= 0.3 is 0 Å². The van der Waals surface area contributed by atoms with Gasteiger partial charge in [-0.15, -0.1) is 0 Å². The molecular formula is C12H14BrN3O3. The number of hydrogen-bond acceptors (Lipinski definition) is 5. The van der Waals surface area contributed by atoms with Crippen molar-refractivity contribution in [3.63, 3.8) is 0 Å². The van der Waals surface area contributed by atoms with E-state index in [1.165, 1.54) is 4.68 Å². The molecule has 2 aromatic rings. The highest BCUT2D eigenvalue weighted by Crippen LogP contribution is 2.19. The summed E-state index contributed by atoms with van der Waals surface area (Å²) in [6, 6.07) is 1.69. The van der Waals surface area contributed by atoms with E-state index in [1.807, 2.05) is 0 Å². The lowest BCUT2D eigenvalue weighted by Crippen LogP contribution is -2.39. The zero-order chi connectivity index (χ0) is 13.2. The third kappa shape index (κ3) is 2.72. The van der Waals surface area contributed by atoms with Gasteiger partial charge in [-0.25, -0.2) is 4.68 Å². The van der Waals surface area contributed by atoms with E-state index in [9.17, 15) is 4.79 Å². The fraction of sp³-hybridized carbons (Fsp3) is 0.500. The predicted molar refractivity (Wildman–Crippen MR) is 73.2 cm³/mol. The van der Waals surface area contributed by atoms with E-state index in [0.717, 1.165) is 32.8 Å². The number of rotatable bonds is 3. The largest absolute Gasteiger partial charge is 0.447 e. The highest BCUT2D eigenvalue weighted by atomic mass is 79.9. The van der Waals surface area contributed by atoms with Gasteiger partial charge in [-0.1, -0.05) is 0 Å². The zero-order valence-corrected chi connectivity index (χ0v) is 11.9. The Labute approximate surface area is 118 Å². The van der Waals surface area contributed by atoms with Crippen LogP contribution in [-0.4, -0.2) is 47.5 Å². The van der Waals surface area contributed by atoms with Crippen LogP contribution in [-0.2, 0) is 11.3 Å². The average Bonchev–Trinajstić information content (AvgIpc) is 2.81. The lowest BCUT2D eigenvalue weighted by atomic mass is 10.3. The molecule has 102 valence electrons. The number of halogens is 1. The van der Waals surface area contributed by atoms with E-state index in [1.54, 1.807) is 12.3 Å². The molecule has 0 aromatic carbocycles. The van der Waals surface area contributed by atoms with Crippen molar-refractivity contribution in [1.29, 1.82) is 0 Å². The number of furan rings is 1. The summed E-state index contributed by atoms with van der Waals surface area (Å²) in [6.07, 6.45) is 1.58. The Kier molecular flexibility index (Phi) is 3.67. The molecule has 3 heterocycles. The van der Waals surface area contributed by atoms with Crippen molar-refractivity contribution in [2.45, 2.75) is 6.54 Å². The van der Waals surface area contributed by atoms with Crippen LogP contribution in [0.1, 0.15) is 0 Å². The third-order valence-electron chi connectivity index (χ3n) is 3.24. The monoisotopic (exact) mass is 327 g/mol. The summed E-state index contributed by atoms with van der Waals surface area (Å²) in [6.45, 7) is 4.73. The van der Waals surface area contributed by atoms with Crippen molar-refractivity contribution >= 4 is 26.9 Å². The molecule has 0 unspecified atom stereocenters. The first-order valence-electron chi connectivity index (χ1n) is 6.19. The summed E-state index contributed by atoms with van der Waals surface area (Å²) in [4.78, 5) is 14.5. The normalized spacial score (nSPS) is 17.1. The van der Waals surface area contributed by atoms with E-state index in [2.05, 4.69) is 25.9 Å². The van der Waals surface area contributed by atoms with Crippen LogP contribution in [0.25, 0.3) is 11.0 Å². The summed E-state index contributed by atoms with van der Waals surface area (Å²) in [5, 5.41) is 4.69. The molecule has 0 amide bonds. The second kappa shape index (κ2) is 5.44. The molecule has 0 atom stereocenters. The maximum Gasteiger partial charge on any atom is 0.278 e. The van der Waals surface area contributed by atoms with Crippen LogP contribution >= 0.6 is 15.9 Å². The highest BCUT2D eigenvalue weighted by molar-refractivity contribution is 9.10. The van der Waals surface area contributed by atoms with Gasteiger partial charge in [0.15, 0.2) is 10.3 Å². The highest BCUT2D eigenvalue weighted by Gasteiger charge is 2.12. The molecule has 2 aromatic heterocycles. The number of aromatic nitrogens is 2. The molecule has 1 aliphatic rings. The molecular weight excluding hydrogens is 314 g/mol. The average molecular weight is 328 g/mol. The maximum atomic E-state index is 12.2. The van der Waals surface area contributed by atoms with Gasteiger partial charge in [-0.2, -0.15) is 5.10 Å². The van der Waals surface area contributed by atoms with Crippen LogP contribution in [0.15, 0.2) is 26.1 Å². The van der Waals surface area contributed by atoms with Crippen LogP contribution in [0.3, 0.4) is 0 Å². The van der Waals surface area contributed by atoms with E-state index >= 15 is 0 Å². The first-order valence-corrected chi connectivity index (χ1v) is 6.98. The van der Waals surface area contributed by atoms with Gasteiger partial charge in [0.2, 0.25) is 0 Å². The van der Waals surface area contributed by atoms with Gasteiger partial charge in [-0.3, -0.25) is 9.69 Å². The van der Waals surface area contributed by atoms with Gasteiger partial charge in [-0.05, 0) is 15.9 Å². The van der Waals surface area contributed by atoms with Gasteiger partial charge < -0.3 is 9.15 Å². The van der Waals surface area contributed by atoms with Crippen LogP contribution in [0.5, 0.6) is 0 Å². The zero-order valence-electron chi connectivity index (χ0n) is 10.3. The number of ether oxygens (including phenoxy) is 1. The van der Waals surface area contributed by atoms with Gasteiger partial charge in [0.05, 0.1) is 31.3 Å². The lowest BCUT2D eigenvalue weighted by Gasteiger charge is -2.26. The van der Waals surface area contributed by atoms with Gasteiger partial charge in [0, 0.05) is 25.7 Å². The summed E-state index contributed by atoms with van der Waals surface area (Å²) in [5.41, 5.74) is 0.403. The summed E-state index contributed by atoms with van der Waals surface area (Å²) in [5.74, 6) is 0. The molecule has 0 spiro atoms. The quantitative estimate of drug-likeness (QED) is 0.844. The van der Waals surface area contributed by atoms with Crippen molar-refractivity contribution in [2.24, 2.45) is 0 Å². The molecule has 7 heteroatoms. The second-order valence-corrected chi connectivity index (χ2v) is 5.24. The molecule has 0 bridgehead atoms. The van der Waals surface area contributed by atoms with E-state index < -0.39 is 0 Å². The van der Waals surface area contributed by atoms with Crippen molar-refractivity contribution in [3.8, 4) is 0 Å². The minimum absolute atomic E-state index is 0.111. The molecule has 0 aliphatic carbocycles. The molecule has 1 aliphatic heterocycles. The summed E-state index contributed by atoms with van der Waals surface area (Å²) < 4.78 is 12.6. The van der Waals surface area contributed by atoms with Crippen molar-refractivity contribution in [1.82, 2.24) is 14.7 Å².